The first-order valence-electron chi connectivity index (χ1n) is 3.84. The molecule has 0 aliphatic rings. The molecule has 0 aliphatic heterocycles. The summed E-state index contributed by atoms with van der Waals surface area (Å²) in [5.74, 6) is 0. The van der Waals surface area contributed by atoms with Crippen molar-refractivity contribution in [3.05, 3.63) is 10.7 Å². The summed E-state index contributed by atoms with van der Waals surface area (Å²) in [5.41, 5.74) is 6.92. The number of carbonyl (C=O) groups excluding carboxylic acids is 1. The molecule has 0 aromatic carbocycles. The normalized spacial score (nSPS) is 11.3. The van der Waals surface area contributed by atoms with Gasteiger partial charge in [0.2, 0.25) is 0 Å². The van der Waals surface area contributed by atoms with E-state index in [1.54, 1.807) is 19.3 Å². The topological polar surface area (TPSA) is 114 Å². The van der Waals surface area contributed by atoms with Gasteiger partial charge in [0.25, 0.3) is 10.0 Å². The lowest BCUT2D eigenvalue weighted by Crippen LogP contribution is -2.44. The average molecular weight is 250 g/mol. The zero-order valence-corrected chi connectivity index (χ0v) is 9.70. The Morgan fingerprint density at radius 3 is 2.47 bits per heavy atom. The molecule has 0 spiro atoms. The van der Waals surface area contributed by atoms with Gasteiger partial charge in [-0.15, -0.1) is 16.2 Å². The Hall–Kier alpha value is -1.19. The lowest BCUT2D eigenvalue weighted by atomic mass is 10.6. The molecule has 2 amide bonds. The van der Waals surface area contributed by atoms with Gasteiger partial charge in [-0.2, -0.15) is 0 Å². The van der Waals surface area contributed by atoms with Crippen LogP contribution in [0.5, 0.6) is 0 Å². The Balaban J connectivity index is 2.96. The van der Waals surface area contributed by atoms with Gasteiger partial charge >= 0.3 is 6.03 Å². The van der Waals surface area contributed by atoms with Gasteiger partial charge in [0.1, 0.15) is 0 Å². The van der Waals surface area contributed by atoms with Crippen molar-refractivity contribution in [2.45, 2.75) is 18.1 Å². The largest absolute Gasteiger partial charge is 0.351 e. The Labute approximate surface area is 90.7 Å². The molecular formula is C6H10N4O3S2. The first kappa shape index (κ1) is 11.9. The SMILES string of the molecule is Cc1nc(C)c(S(=O)(=O)NNC(N)=O)s1. The molecule has 0 aliphatic carbocycles. The molecule has 1 rings (SSSR count). The van der Waals surface area contributed by atoms with E-state index in [-0.39, 0.29) is 4.21 Å². The van der Waals surface area contributed by atoms with Crippen molar-refractivity contribution in [1.29, 1.82) is 0 Å². The lowest BCUT2D eigenvalue weighted by molar-refractivity contribution is 0.247. The number of nitrogens with zero attached hydrogens (tertiary/aromatic N) is 1. The number of carbonyl (C=O) groups is 1. The number of nitrogens with two attached hydrogens (primary N) is 1. The fourth-order valence-electron chi connectivity index (χ4n) is 0.926. The minimum atomic E-state index is -3.77. The van der Waals surface area contributed by atoms with Crippen LogP contribution < -0.4 is 16.0 Å². The summed E-state index contributed by atoms with van der Waals surface area (Å²) in [6.07, 6.45) is 0. The van der Waals surface area contributed by atoms with E-state index in [1.165, 1.54) is 0 Å². The third-order valence-electron chi connectivity index (χ3n) is 1.41. The quantitative estimate of drug-likeness (QED) is 0.634. The van der Waals surface area contributed by atoms with Crippen LogP contribution in [0.15, 0.2) is 4.21 Å². The number of sulfonamides is 1. The van der Waals surface area contributed by atoms with Crippen molar-refractivity contribution in [3.63, 3.8) is 0 Å². The van der Waals surface area contributed by atoms with Crippen LogP contribution in [0.1, 0.15) is 10.7 Å². The Morgan fingerprint density at radius 1 is 1.47 bits per heavy atom. The highest BCUT2D eigenvalue weighted by molar-refractivity contribution is 7.91. The smallest absolute Gasteiger partial charge is 0.327 e. The number of rotatable bonds is 3. The number of hydrogen-bond donors (Lipinski definition) is 3. The van der Waals surface area contributed by atoms with Crippen LogP contribution in [0.3, 0.4) is 0 Å². The Bertz CT molecular complexity index is 479. The van der Waals surface area contributed by atoms with Crippen molar-refractivity contribution in [2.75, 3.05) is 0 Å². The number of thiazole rings is 1. The zero-order valence-electron chi connectivity index (χ0n) is 8.07. The van der Waals surface area contributed by atoms with Gasteiger partial charge in [0.15, 0.2) is 4.21 Å². The van der Waals surface area contributed by atoms with E-state index in [0.717, 1.165) is 11.3 Å². The fourth-order valence-corrected chi connectivity index (χ4v) is 3.26. The van der Waals surface area contributed by atoms with E-state index in [9.17, 15) is 13.2 Å². The minimum Gasteiger partial charge on any atom is -0.351 e. The van der Waals surface area contributed by atoms with Crippen LogP contribution >= 0.6 is 11.3 Å². The molecule has 84 valence electrons. The maximum Gasteiger partial charge on any atom is 0.327 e. The standard InChI is InChI=1S/C6H10N4O3S2/c1-3-5(14-4(2)8-3)15(12,13)10-9-6(7)11/h10H,1-2H3,(H3,7,9,11). The van der Waals surface area contributed by atoms with Crippen molar-refractivity contribution < 1.29 is 13.2 Å². The number of primary amides is 1. The van der Waals surface area contributed by atoms with Gasteiger partial charge in [-0.05, 0) is 13.8 Å². The predicted octanol–water partition coefficient (Wildman–Crippen LogP) is -0.378. The molecule has 1 aromatic rings. The van der Waals surface area contributed by atoms with Crippen LogP contribution in [0, 0.1) is 13.8 Å². The summed E-state index contributed by atoms with van der Waals surface area (Å²) < 4.78 is 23.2. The highest BCUT2D eigenvalue weighted by atomic mass is 32.2. The second-order valence-corrected chi connectivity index (χ2v) is 5.78. The highest BCUT2D eigenvalue weighted by Gasteiger charge is 2.20. The molecule has 0 atom stereocenters. The van der Waals surface area contributed by atoms with Crippen LogP contribution in [0.2, 0.25) is 0 Å². The van der Waals surface area contributed by atoms with Gasteiger partial charge in [0.05, 0.1) is 10.7 Å². The molecule has 4 N–H and O–H groups in total. The summed E-state index contributed by atoms with van der Waals surface area (Å²) in [6, 6.07) is -0.975. The summed E-state index contributed by atoms with van der Waals surface area (Å²) in [7, 11) is -3.77. The van der Waals surface area contributed by atoms with Gasteiger partial charge in [-0.3, -0.25) is 5.43 Å². The number of urea groups is 1. The monoisotopic (exact) mass is 250 g/mol. The maximum atomic E-state index is 11.6. The van der Waals surface area contributed by atoms with E-state index >= 15 is 0 Å². The molecule has 1 aromatic heterocycles. The van der Waals surface area contributed by atoms with Crippen LogP contribution in [-0.4, -0.2) is 19.4 Å². The van der Waals surface area contributed by atoms with Crippen molar-refractivity contribution in [1.82, 2.24) is 15.2 Å². The van der Waals surface area contributed by atoms with Gasteiger partial charge in [-0.25, -0.2) is 18.2 Å². The van der Waals surface area contributed by atoms with Crippen molar-refractivity contribution in [2.24, 2.45) is 5.73 Å². The molecular weight excluding hydrogens is 240 g/mol. The number of aromatic nitrogens is 1. The third-order valence-corrected chi connectivity index (χ3v) is 4.34. The number of hydrazine groups is 1. The Kier molecular flexibility index (Phi) is 3.27. The average Bonchev–Trinajstić information content (AvgIpc) is 2.43. The molecule has 1 heterocycles. The fraction of sp³-hybridized carbons (Fsp3) is 0.333. The molecule has 7 nitrogen and oxygen atoms in total. The van der Waals surface area contributed by atoms with Gasteiger partial charge < -0.3 is 5.73 Å². The highest BCUT2D eigenvalue weighted by Crippen LogP contribution is 2.21. The van der Waals surface area contributed by atoms with Crippen LogP contribution in [-0.2, 0) is 10.0 Å². The Morgan fingerprint density at radius 2 is 2.07 bits per heavy atom. The van der Waals surface area contributed by atoms with E-state index in [2.05, 4.69) is 4.98 Å². The first-order chi connectivity index (χ1) is 6.83. The predicted molar refractivity (Wildman–Crippen MR) is 54.6 cm³/mol. The van der Waals surface area contributed by atoms with Gasteiger partial charge in [0, 0.05) is 0 Å². The molecule has 0 saturated heterocycles. The molecule has 15 heavy (non-hydrogen) atoms. The number of aryl methyl sites for hydroxylation is 2. The molecule has 0 unspecified atom stereocenters. The first-order valence-corrected chi connectivity index (χ1v) is 6.14. The van der Waals surface area contributed by atoms with E-state index < -0.39 is 16.1 Å². The number of hydrogen-bond acceptors (Lipinski definition) is 5. The summed E-state index contributed by atoms with van der Waals surface area (Å²) >= 11 is 1.02. The molecule has 0 saturated carbocycles. The summed E-state index contributed by atoms with van der Waals surface area (Å²) in [5, 5.41) is 0.631. The van der Waals surface area contributed by atoms with Gasteiger partial charge in [-0.1, -0.05) is 0 Å². The molecule has 0 fully saturated rings. The van der Waals surface area contributed by atoms with E-state index in [4.69, 9.17) is 5.73 Å². The van der Waals surface area contributed by atoms with Crippen molar-refractivity contribution in [3.8, 4) is 0 Å². The maximum absolute atomic E-state index is 11.6. The number of nitrogens with one attached hydrogen (secondary N) is 2. The van der Waals surface area contributed by atoms with E-state index in [0.29, 0.717) is 10.7 Å². The minimum absolute atomic E-state index is 0.0637. The summed E-state index contributed by atoms with van der Waals surface area (Å²) in [6.45, 7) is 3.26. The molecule has 9 heteroatoms. The van der Waals surface area contributed by atoms with E-state index in [1.807, 2.05) is 4.83 Å². The second-order valence-electron chi connectivity index (χ2n) is 2.70. The molecule has 0 radical (unpaired) electrons. The number of amides is 2. The molecule has 0 bridgehead atoms. The lowest BCUT2D eigenvalue weighted by Gasteiger charge is -2.04. The van der Waals surface area contributed by atoms with Crippen LogP contribution in [0.4, 0.5) is 4.79 Å². The van der Waals surface area contributed by atoms with Crippen LogP contribution in [0.25, 0.3) is 0 Å². The third kappa shape index (κ3) is 2.88. The zero-order chi connectivity index (χ0) is 11.6. The summed E-state index contributed by atoms with van der Waals surface area (Å²) in [4.78, 5) is 16.1. The van der Waals surface area contributed by atoms with Crippen molar-refractivity contribution >= 4 is 27.4 Å². The second kappa shape index (κ2) is 4.13.